The molecule has 1 aromatic carbocycles. The maximum absolute atomic E-state index is 12.6. The zero-order valence-corrected chi connectivity index (χ0v) is 19.0. The first-order chi connectivity index (χ1) is 13.7. The Kier molecular flexibility index (Phi) is 6.87. The van der Waals surface area contributed by atoms with E-state index >= 15 is 0 Å². The number of hydrogen-bond acceptors (Lipinski definition) is 6. The molecule has 1 amide bonds. The van der Waals surface area contributed by atoms with E-state index in [4.69, 9.17) is 11.6 Å². The van der Waals surface area contributed by atoms with Crippen molar-refractivity contribution in [3.63, 3.8) is 0 Å². The van der Waals surface area contributed by atoms with Gasteiger partial charge in [-0.2, -0.15) is 0 Å². The minimum atomic E-state index is -3.22. The van der Waals surface area contributed by atoms with E-state index in [1.54, 1.807) is 22.8 Å². The smallest absolute Gasteiger partial charge is 0.233 e. The van der Waals surface area contributed by atoms with Crippen molar-refractivity contribution in [2.24, 2.45) is 0 Å². The highest BCUT2D eigenvalue weighted by molar-refractivity contribution is 7.99. The summed E-state index contributed by atoms with van der Waals surface area (Å²) in [7, 11) is -1.62. The highest BCUT2D eigenvalue weighted by Crippen LogP contribution is 2.25. The Hall–Kier alpha value is -1.62. The molecule has 0 saturated carbocycles. The summed E-state index contributed by atoms with van der Waals surface area (Å²) in [6.45, 7) is 3.03. The van der Waals surface area contributed by atoms with E-state index in [9.17, 15) is 13.2 Å². The quantitative estimate of drug-likeness (QED) is 0.618. The van der Waals surface area contributed by atoms with Crippen molar-refractivity contribution in [3.8, 4) is 5.69 Å². The van der Waals surface area contributed by atoms with Gasteiger partial charge in [0.15, 0.2) is 5.16 Å². The lowest BCUT2D eigenvalue weighted by atomic mass is 10.1. The molecule has 3 rings (SSSR count). The van der Waals surface area contributed by atoms with Gasteiger partial charge in [0.05, 0.1) is 17.7 Å². The molecule has 29 heavy (non-hydrogen) atoms. The van der Waals surface area contributed by atoms with E-state index in [1.807, 2.05) is 25.1 Å². The number of nitrogens with zero attached hydrogens (tertiary/aromatic N) is 5. The molecule has 0 spiro atoms. The average Bonchev–Trinajstić information content (AvgIpc) is 3.15. The number of rotatable bonds is 6. The van der Waals surface area contributed by atoms with Gasteiger partial charge in [0.25, 0.3) is 0 Å². The second-order valence-electron chi connectivity index (χ2n) is 7.10. The molecule has 1 aliphatic heterocycles. The predicted molar refractivity (Wildman–Crippen MR) is 114 cm³/mol. The first-order valence-electron chi connectivity index (χ1n) is 9.17. The van der Waals surface area contributed by atoms with Gasteiger partial charge < -0.3 is 4.90 Å². The fourth-order valence-electron chi connectivity index (χ4n) is 3.20. The Labute approximate surface area is 180 Å². The Morgan fingerprint density at radius 3 is 2.66 bits per heavy atom. The fraction of sp³-hybridized carbons (Fsp3) is 0.500. The Bertz CT molecular complexity index is 987. The number of carbonyl (C=O) groups is 1. The van der Waals surface area contributed by atoms with Crippen LogP contribution in [-0.2, 0) is 14.8 Å². The van der Waals surface area contributed by atoms with E-state index < -0.39 is 10.0 Å². The maximum Gasteiger partial charge on any atom is 0.233 e. The lowest BCUT2D eigenvalue weighted by molar-refractivity contribution is -0.129. The SMILES string of the molecule is Cc1ccc(-n2cnnc2SCC(=O)N2CCC(N(C)S(C)(=O)=O)CC2)cc1Cl. The van der Waals surface area contributed by atoms with Gasteiger partial charge in [0.2, 0.25) is 15.9 Å². The predicted octanol–water partition coefficient (Wildman–Crippen LogP) is 2.20. The molecular weight excluding hydrogens is 434 g/mol. The van der Waals surface area contributed by atoms with Gasteiger partial charge in [-0.15, -0.1) is 10.2 Å². The van der Waals surface area contributed by atoms with Crippen LogP contribution in [0, 0.1) is 6.92 Å². The molecule has 8 nitrogen and oxygen atoms in total. The molecule has 0 aliphatic carbocycles. The van der Waals surface area contributed by atoms with Crippen LogP contribution in [0.3, 0.4) is 0 Å². The van der Waals surface area contributed by atoms with Crippen molar-refractivity contribution in [2.45, 2.75) is 31.0 Å². The van der Waals surface area contributed by atoms with Gasteiger partial charge in [0.1, 0.15) is 6.33 Å². The van der Waals surface area contributed by atoms with Crippen LogP contribution in [0.15, 0.2) is 29.7 Å². The van der Waals surface area contributed by atoms with Crippen LogP contribution >= 0.6 is 23.4 Å². The molecule has 11 heteroatoms. The van der Waals surface area contributed by atoms with Gasteiger partial charge in [-0.25, -0.2) is 12.7 Å². The summed E-state index contributed by atoms with van der Waals surface area (Å²) in [5.41, 5.74) is 1.82. The Morgan fingerprint density at radius 1 is 1.34 bits per heavy atom. The minimum Gasteiger partial charge on any atom is -0.342 e. The number of halogens is 1. The maximum atomic E-state index is 12.6. The van der Waals surface area contributed by atoms with Crippen LogP contribution < -0.4 is 0 Å². The van der Waals surface area contributed by atoms with Crippen LogP contribution in [0.25, 0.3) is 5.69 Å². The molecule has 1 saturated heterocycles. The van der Waals surface area contributed by atoms with Crippen molar-refractivity contribution in [1.82, 2.24) is 24.0 Å². The molecular formula is C18H24ClN5O3S2. The number of likely N-dealkylation sites (tertiary alicyclic amines) is 1. The number of aryl methyl sites for hydroxylation is 1. The van der Waals surface area contributed by atoms with Crippen LogP contribution in [0.2, 0.25) is 5.02 Å². The lowest BCUT2D eigenvalue weighted by Crippen LogP contribution is -2.47. The van der Waals surface area contributed by atoms with Gasteiger partial charge in [-0.05, 0) is 37.5 Å². The molecule has 2 heterocycles. The van der Waals surface area contributed by atoms with E-state index in [-0.39, 0.29) is 17.7 Å². The fourth-order valence-corrected chi connectivity index (χ4v) is 4.96. The summed E-state index contributed by atoms with van der Waals surface area (Å²) >= 11 is 7.53. The Balaban J connectivity index is 1.57. The van der Waals surface area contributed by atoms with Crippen molar-refractivity contribution >= 4 is 39.3 Å². The number of carbonyl (C=O) groups excluding carboxylic acids is 1. The topological polar surface area (TPSA) is 88.4 Å². The molecule has 1 aliphatic rings. The molecule has 1 aromatic heterocycles. The number of hydrogen-bond donors (Lipinski definition) is 0. The van der Waals surface area contributed by atoms with Crippen LogP contribution in [-0.4, -0.2) is 76.5 Å². The summed E-state index contributed by atoms with van der Waals surface area (Å²) in [5, 5.41) is 9.34. The third-order valence-electron chi connectivity index (χ3n) is 5.13. The van der Waals surface area contributed by atoms with Crippen molar-refractivity contribution in [1.29, 1.82) is 0 Å². The standard InChI is InChI=1S/C18H24ClN5O3S2/c1-13-4-5-15(10-16(13)19)24-12-20-21-18(24)28-11-17(25)23-8-6-14(7-9-23)22(2)29(3,26)27/h4-5,10,12,14H,6-9,11H2,1-3H3. The van der Waals surface area contributed by atoms with Crippen molar-refractivity contribution in [3.05, 3.63) is 35.1 Å². The number of thioether (sulfide) groups is 1. The lowest BCUT2D eigenvalue weighted by Gasteiger charge is -2.35. The van der Waals surface area contributed by atoms with Gasteiger partial charge in [0, 0.05) is 31.2 Å². The van der Waals surface area contributed by atoms with Crippen molar-refractivity contribution < 1.29 is 13.2 Å². The first-order valence-corrected chi connectivity index (χ1v) is 12.4. The number of piperidine rings is 1. The molecule has 158 valence electrons. The summed E-state index contributed by atoms with van der Waals surface area (Å²) in [5.74, 6) is 0.247. The zero-order valence-electron chi connectivity index (χ0n) is 16.6. The molecule has 1 fully saturated rings. The molecule has 0 atom stereocenters. The second-order valence-corrected chi connectivity index (χ2v) is 10.5. The van der Waals surface area contributed by atoms with Crippen molar-refractivity contribution in [2.75, 3.05) is 32.1 Å². The van der Waals surface area contributed by atoms with Crippen LogP contribution in [0.5, 0.6) is 0 Å². The van der Waals surface area contributed by atoms with Gasteiger partial charge >= 0.3 is 0 Å². The summed E-state index contributed by atoms with van der Waals surface area (Å²) in [4.78, 5) is 14.4. The average molecular weight is 458 g/mol. The highest BCUT2D eigenvalue weighted by atomic mass is 35.5. The molecule has 2 aromatic rings. The zero-order chi connectivity index (χ0) is 21.2. The highest BCUT2D eigenvalue weighted by Gasteiger charge is 2.29. The normalized spacial score (nSPS) is 15.8. The van der Waals surface area contributed by atoms with Crippen LogP contribution in [0.4, 0.5) is 0 Å². The molecule has 0 N–H and O–H groups in total. The first kappa shape index (κ1) is 22.1. The number of benzene rings is 1. The van der Waals surface area contributed by atoms with Gasteiger partial charge in [-0.1, -0.05) is 29.4 Å². The monoisotopic (exact) mass is 457 g/mol. The van der Waals surface area contributed by atoms with E-state index in [0.717, 1.165) is 11.3 Å². The third kappa shape index (κ3) is 5.30. The Morgan fingerprint density at radius 2 is 2.03 bits per heavy atom. The van der Waals surface area contributed by atoms with E-state index in [1.165, 1.54) is 22.3 Å². The second kappa shape index (κ2) is 9.03. The molecule has 0 radical (unpaired) electrons. The summed E-state index contributed by atoms with van der Waals surface area (Å²) in [6, 6.07) is 5.64. The molecule has 0 bridgehead atoms. The van der Waals surface area contributed by atoms with E-state index in [2.05, 4.69) is 10.2 Å². The summed E-state index contributed by atoms with van der Waals surface area (Å²) < 4.78 is 26.6. The third-order valence-corrected chi connectivity index (χ3v) is 7.81. The minimum absolute atomic E-state index is 0.00643. The number of amides is 1. The van der Waals surface area contributed by atoms with Gasteiger partial charge in [-0.3, -0.25) is 9.36 Å². The van der Waals surface area contributed by atoms with Crippen LogP contribution in [0.1, 0.15) is 18.4 Å². The number of aromatic nitrogens is 3. The van der Waals surface area contributed by atoms with E-state index in [0.29, 0.717) is 36.1 Å². The largest absolute Gasteiger partial charge is 0.342 e. The summed E-state index contributed by atoms with van der Waals surface area (Å²) in [6.07, 6.45) is 4.08. The number of sulfonamides is 1. The molecule has 0 unspecified atom stereocenters.